The fourth-order valence-electron chi connectivity index (χ4n) is 5.51. The molecule has 2 heterocycles. The maximum atomic E-state index is 13.7. The van der Waals surface area contributed by atoms with E-state index >= 15 is 0 Å². The minimum Gasteiger partial charge on any atom is -0.366 e. The van der Waals surface area contributed by atoms with E-state index in [-0.39, 0.29) is 11.4 Å². The van der Waals surface area contributed by atoms with E-state index in [0.717, 1.165) is 29.9 Å². The molecule has 1 amide bonds. The molecule has 184 valence electrons. The lowest BCUT2D eigenvalue weighted by molar-refractivity contribution is -0.113. The zero-order chi connectivity index (χ0) is 25.4. The Balaban J connectivity index is 1.57. The second kappa shape index (κ2) is 9.62. The highest BCUT2D eigenvalue weighted by molar-refractivity contribution is 8.19. The smallest absolute Gasteiger partial charge is 0.271 e. The van der Waals surface area contributed by atoms with E-state index in [1.54, 1.807) is 4.90 Å². The van der Waals surface area contributed by atoms with Crippen LogP contribution < -0.4 is 9.80 Å². The number of hydrogen-bond donors (Lipinski definition) is 0. The summed E-state index contributed by atoms with van der Waals surface area (Å²) in [6.45, 7) is 12.3. The average molecular weight is 496 g/mol. The predicted octanol–water partition coefficient (Wildman–Crippen LogP) is 7.92. The van der Waals surface area contributed by atoms with Gasteiger partial charge in [-0.05, 0) is 111 Å². The van der Waals surface area contributed by atoms with Gasteiger partial charge in [0, 0.05) is 17.8 Å². The molecule has 4 nitrogen and oxygen atoms in total. The van der Waals surface area contributed by atoms with Crippen molar-refractivity contribution in [3.8, 4) is 0 Å². The van der Waals surface area contributed by atoms with Crippen LogP contribution >= 0.6 is 11.8 Å². The Kier molecular flexibility index (Phi) is 6.52. The van der Waals surface area contributed by atoms with Gasteiger partial charge in [-0.15, -0.1) is 0 Å². The van der Waals surface area contributed by atoms with E-state index in [1.165, 1.54) is 28.6 Å². The highest BCUT2D eigenvalue weighted by atomic mass is 32.2. The number of nitrogens with zero attached hydrogens (tertiary/aromatic N) is 3. The number of fused-ring (bicyclic) bond motifs is 1. The number of carbonyl (C=O) groups is 1. The summed E-state index contributed by atoms with van der Waals surface area (Å²) in [5, 5.41) is 0.673. The number of amidine groups is 1. The van der Waals surface area contributed by atoms with Crippen molar-refractivity contribution in [2.45, 2.75) is 52.5 Å². The molecule has 0 bridgehead atoms. The lowest BCUT2D eigenvalue weighted by Crippen LogP contribution is -2.48. The third-order valence-corrected chi connectivity index (χ3v) is 8.15. The molecular weight excluding hydrogens is 462 g/mol. The zero-order valence-electron chi connectivity index (χ0n) is 21.7. The van der Waals surface area contributed by atoms with E-state index in [1.807, 2.05) is 60.7 Å². The third kappa shape index (κ3) is 4.48. The van der Waals surface area contributed by atoms with Crippen LogP contribution in [0.3, 0.4) is 0 Å². The van der Waals surface area contributed by atoms with Crippen molar-refractivity contribution in [2.75, 3.05) is 16.3 Å². The summed E-state index contributed by atoms with van der Waals surface area (Å²) < 4.78 is 0. The van der Waals surface area contributed by atoms with Crippen molar-refractivity contribution in [3.63, 3.8) is 0 Å². The van der Waals surface area contributed by atoms with E-state index in [9.17, 15) is 4.79 Å². The second-order valence-corrected chi connectivity index (χ2v) is 11.3. The van der Waals surface area contributed by atoms with E-state index in [4.69, 9.17) is 4.99 Å². The maximum Gasteiger partial charge on any atom is 0.271 e. The first-order valence-corrected chi connectivity index (χ1v) is 13.4. The van der Waals surface area contributed by atoms with Crippen molar-refractivity contribution in [1.82, 2.24) is 0 Å². The fraction of sp³-hybridized carbons (Fsp3) is 0.290. The molecule has 2 aliphatic rings. The van der Waals surface area contributed by atoms with Crippen molar-refractivity contribution in [3.05, 3.63) is 94.4 Å². The van der Waals surface area contributed by atoms with Crippen LogP contribution in [0.2, 0.25) is 0 Å². The largest absolute Gasteiger partial charge is 0.366 e. The van der Waals surface area contributed by atoms with Gasteiger partial charge < -0.3 is 4.90 Å². The number of hydrogen-bond acceptors (Lipinski definition) is 4. The van der Waals surface area contributed by atoms with Crippen molar-refractivity contribution < 1.29 is 4.79 Å². The van der Waals surface area contributed by atoms with E-state index in [2.05, 4.69) is 57.7 Å². The lowest BCUT2D eigenvalue weighted by Gasteiger charge is -2.47. The Hall–Kier alpha value is -3.31. The van der Waals surface area contributed by atoms with E-state index in [0.29, 0.717) is 16.0 Å². The van der Waals surface area contributed by atoms with Crippen molar-refractivity contribution >= 4 is 46.0 Å². The Morgan fingerprint density at radius 1 is 1.06 bits per heavy atom. The van der Waals surface area contributed by atoms with Gasteiger partial charge in [0.1, 0.15) is 0 Å². The van der Waals surface area contributed by atoms with Gasteiger partial charge in [-0.1, -0.05) is 43.3 Å². The molecule has 0 saturated carbocycles. The van der Waals surface area contributed by atoms with Gasteiger partial charge in [0.25, 0.3) is 5.91 Å². The Bertz CT molecular complexity index is 1340. The van der Waals surface area contributed by atoms with E-state index < -0.39 is 0 Å². The van der Waals surface area contributed by atoms with Gasteiger partial charge in [0.15, 0.2) is 5.17 Å². The Labute approximate surface area is 218 Å². The molecule has 3 aromatic rings. The number of para-hydroxylation sites is 2. The van der Waals surface area contributed by atoms with Crippen LogP contribution in [0.25, 0.3) is 6.08 Å². The van der Waals surface area contributed by atoms with Crippen LogP contribution in [-0.2, 0) is 4.79 Å². The average Bonchev–Trinajstić information content (AvgIpc) is 3.15. The molecule has 5 heteroatoms. The molecule has 0 aromatic heterocycles. The number of aryl methyl sites for hydroxylation is 1. The zero-order valence-corrected chi connectivity index (χ0v) is 22.5. The van der Waals surface area contributed by atoms with Crippen LogP contribution in [0.5, 0.6) is 0 Å². The van der Waals surface area contributed by atoms with Gasteiger partial charge in [-0.3, -0.25) is 9.69 Å². The molecule has 1 fully saturated rings. The van der Waals surface area contributed by atoms with Gasteiger partial charge in [0.2, 0.25) is 0 Å². The molecule has 2 aliphatic heterocycles. The topological polar surface area (TPSA) is 35.9 Å². The van der Waals surface area contributed by atoms with Crippen LogP contribution in [0.15, 0.2) is 82.7 Å². The number of rotatable bonds is 4. The standard InChI is InChI=1S/C31H33N3OS/c1-6-33-27-17-21(2)23(18-26(27)22(3)20-31(33,4)5)19-28-29(35)34(25-15-11-8-12-16-25)30(36-28)32-24-13-9-7-10-14-24/h7-19,22H,6,20H2,1-5H3/b28-19+,32-30?. The minimum absolute atomic E-state index is 0.0395. The molecule has 5 rings (SSSR count). The summed E-state index contributed by atoms with van der Waals surface area (Å²) in [7, 11) is 0. The molecule has 0 spiro atoms. The van der Waals surface area contributed by atoms with Crippen molar-refractivity contribution in [1.29, 1.82) is 0 Å². The molecule has 1 atom stereocenters. The van der Waals surface area contributed by atoms with Gasteiger partial charge in [-0.25, -0.2) is 4.99 Å². The monoisotopic (exact) mass is 495 g/mol. The molecule has 36 heavy (non-hydrogen) atoms. The first-order chi connectivity index (χ1) is 17.3. The molecule has 0 N–H and O–H groups in total. The first kappa shape index (κ1) is 24.4. The summed E-state index contributed by atoms with van der Waals surface area (Å²) >= 11 is 1.44. The number of thioether (sulfide) groups is 1. The summed E-state index contributed by atoms with van der Waals surface area (Å²) in [5.41, 5.74) is 6.74. The first-order valence-electron chi connectivity index (χ1n) is 12.6. The molecule has 0 radical (unpaired) electrons. The number of aliphatic imine (C=N–C) groups is 1. The molecule has 0 aliphatic carbocycles. The minimum atomic E-state index is -0.0395. The summed E-state index contributed by atoms with van der Waals surface area (Å²) in [6, 6.07) is 24.2. The highest BCUT2D eigenvalue weighted by Gasteiger charge is 2.37. The summed E-state index contributed by atoms with van der Waals surface area (Å²) in [6.07, 6.45) is 3.16. The van der Waals surface area contributed by atoms with Crippen LogP contribution in [-0.4, -0.2) is 23.2 Å². The number of carbonyl (C=O) groups excluding carboxylic acids is 1. The Morgan fingerprint density at radius 3 is 2.39 bits per heavy atom. The molecular formula is C31H33N3OS. The number of benzene rings is 3. The normalized spacial score (nSPS) is 21.4. The van der Waals surface area contributed by atoms with Crippen molar-refractivity contribution in [2.24, 2.45) is 4.99 Å². The fourth-order valence-corrected chi connectivity index (χ4v) is 6.50. The lowest BCUT2D eigenvalue weighted by atomic mass is 9.79. The molecule has 1 unspecified atom stereocenters. The predicted molar refractivity (Wildman–Crippen MR) is 154 cm³/mol. The summed E-state index contributed by atoms with van der Waals surface area (Å²) in [5.74, 6) is 0.417. The third-order valence-electron chi connectivity index (χ3n) is 7.18. The maximum absolute atomic E-state index is 13.7. The van der Waals surface area contributed by atoms with Crippen LogP contribution in [0.1, 0.15) is 56.7 Å². The van der Waals surface area contributed by atoms with Crippen LogP contribution in [0, 0.1) is 6.92 Å². The number of anilines is 2. The number of amides is 1. The second-order valence-electron chi connectivity index (χ2n) is 10.2. The summed E-state index contributed by atoms with van der Waals surface area (Å²) in [4.78, 5) is 23.5. The molecule has 1 saturated heterocycles. The van der Waals surface area contributed by atoms with Gasteiger partial charge >= 0.3 is 0 Å². The quantitative estimate of drug-likeness (QED) is 0.345. The molecule has 3 aromatic carbocycles. The van der Waals surface area contributed by atoms with Crippen LogP contribution in [0.4, 0.5) is 17.1 Å². The highest BCUT2D eigenvalue weighted by Crippen LogP contribution is 2.45. The SMILES string of the molecule is CCN1c2cc(C)c(/C=C3/SC(=Nc4ccccc4)N(c4ccccc4)C3=O)cc2C(C)CC1(C)C. The van der Waals surface area contributed by atoms with Gasteiger partial charge in [-0.2, -0.15) is 0 Å². The van der Waals surface area contributed by atoms with Gasteiger partial charge in [0.05, 0.1) is 16.3 Å². The Morgan fingerprint density at radius 2 is 1.72 bits per heavy atom.